The van der Waals surface area contributed by atoms with Crippen LogP contribution in [0.4, 0.5) is 4.79 Å². The molecule has 6 nitrogen and oxygen atoms in total. The van der Waals surface area contributed by atoms with Crippen molar-refractivity contribution in [3.63, 3.8) is 0 Å². The van der Waals surface area contributed by atoms with E-state index in [0.717, 1.165) is 18.4 Å². The van der Waals surface area contributed by atoms with Gasteiger partial charge in [0, 0.05) is 19.6 Å². The molecule has 6 heteroatoms. The number of hydrogen-bond acceptors (Lipinski definition) is 3. The smallest absolute Gasteiger partial charge is 0.335 e. The van der Waals surface area contributed by atoms with Gasteiger partial charge in [-0.05, 0) is 37.0 Å². The minimum Gasteiger partial charge on any atom is -0.478 e. The molecule has 1 aromatic rings. The van der Waals surface area contributed by atoms with Crippen molar-refractivity contribution in [2.24, 2.45) is 0 Å². The van der Waals surface area contributed by atoms with Crippen LogP contribution in [-0.4, -0.2) is 46.3 Å². The van der Waals surface area contributed by atoms with Crippen molar-refractivity contribution in [3.8, 4) is 0 Å². The van der Waals surface area contributed by atoms with E-state index in [1.807, 2.05) is 0 Å². The summed E-state index contributed by atoms with van der Waals surface area (Å²) in [5.41, 5.74) is 1.08. The van der Waals surface area contributed by atoms with E-state index in [0.29, 0.717) is 26.1 Å². The topological polar surface area (TPSA) is 89.9 Å². The summed E-state index contributed by atoms with van der Waals surface area (Å²) in [4.78, 5) is 24.5. The molecule has 1 fully saturated rings. The van der Waals surface area contributed by atoms with Crippen LogP contribution in [0.3, 0.4) is 0 Å². The number of aliphatic hydroxyl groups excluding tert-OH is 1. The average molecular weight is 292 g/mol. The van der Waals surface area contributed by atoms with Crippen LogP contribution in [0, 0.1) is 0 Å². The zero-order valence-electron chi connectivity index (χ0n) is 11.8. The predicted octanol–water partition coefficient (Wildman–Crippen LogP) is 1.44. The molecule has 1 aliphatic heterocycles. The second-order valence-electron chi connectivity index (χ2n) is 5.23. The highest BCUT2D eigenvalue weighted by Gasteiger charge is 2.18. The van der Waals surface area contributed by atoms with Crippen LogP contribution in [0.5, 0.6) is 0 Å². The van der Waals surface area contributed by atoms with Gasteiger partial charge in [0.05, 0.1) is 11.7 Å². The van der Waals surface area contributed by atoms with Crippen molar-refractivity contribution in [1.82, 2.24) is 10.2 Å². The van der Waals surface area contributed by atoms with Crippen LogP contribution >= 0.6 is 0 Å². The van der Waals surface area contributed by atoms with Crippen molar-refractivity contribution < 1.29 is 19.8 Å². The molecule has 1 saturated heterocycles. The van der Waals surface area contributed by atoms with Gasteiger partial charge in [-0.2, -0.15) is 0 Å². The van der Waals surface area contributed by atoms with E-state index in [-0.39, 0.29) is 17.7 Å². The summed E-state index contributed by atoms with van der Waals surface area (Å²) in [6, 6.07) is 6.27. The Labute approximate surface area is 123 Å². The highest BCUT2D eigenvalue weighted by Crippen LogP contribution is 2.11. The quantitative estimate of drug-likeness (QED) is 0.786. The lowest BCUT2D eigenvalue weighted by Gasteiger charge is -2.20. The number of carboxylic acids is 1. The number of likely N-dealkylation sites (tertiary alicyclic amines) is 1. The highest BCUT2D eigenvalue weighted by atomic mass is 16.4. The zero-order chi connectivity index (χ0) is 15.2. The fourth-order valence-corrected chi connectivity index (χ4v) is 2.34. The van der Waals surface area contributed by atoms with Gasteiger partial charge < -0.3 is 20.4 Å². The number of nitrogens with zero attached hydrogens (tertiary/aromatic N) is 1. The van der Waals surface area contributed by atoms with Gasteiger partial charge in [0.1, 0.15) is 0 Å². The number of amides is 2. The van der Waals surface area contributed by atoms with Crippen molar-refractivity contribution in [3.05, 3.63) is 35.4 Å². The molecule has 0 aliphatic carbocycles. The Bertz CT molecular complexity index is 501. The van der Waals surface area contributed by atoms with Crippen molar-refractivity contribution in [1.29, 1.82) is 0 Å². The normalized spacial score (nSPS) is 18.9. The zero-order valence-corrected chi connectivity index (χ0v) is 11.8. The number of nitrogens with one attached hydrogen (secondary N) is 1. The summed E-state index contributed by atoms with van der Waals surface area (Å²) < 4.78 is 0. The van der Waals surface area contributed by atoms with Gasteiger partial charge in [0.15, 0.2) is 0 Å². The van der Waals surface area contributed by atoms with E-state index >= 15 is 0 Å². The second-order valence-corrected chi connectivity index (χ2v) is 5.23. The van der Waals surface area contributed by atoms with E-state index in [1.165, 1.54) is 12.1 Å². The standard InChI is InChI=1S/C15H20N2O4/c18-13-2-1-8-17(9-7-13)15(21)16-10-11-3-5-12(6-4-11)14(19)20/h3-6,13,18H,1-2,7-10H2,(H,16,21)(H,19,20). The van der Waals surface area contributed by atoms with Crippen LogP contribution in [0.15, 0.2) is 24.3 Å². The molecule has 1 heterocycles. The fourth-order valence-electron chi connectivity index (χ4n) is 2.34. The van der Waals surface area contributed by atoms with Gasteiger partial charge in [-0.3, -0.25) is 0 Å². The maximum absolute atomic E-state index is 12.0. The first-order valence-corrected chi connectivity index (χ1v) is 7.09. The van der Waals surface area contributed by atoms with Gasteiger partial charge in [-0.1, -0.05) is 12.1 Å². The Morgan fingerprint density at radius 2 is 1.90 bits per heavy atom. The molecule has 1 aliphatic rings. The number of rotatable bonds is 3. The first kappa shape index (κ1) is 15.3. The van der Waals surface area contributed by atoms with Crippen molar-refractivity contribution in [2.45, 2.75) is 31.9 Å². The Morgan fingerprint density at radius 1 is 1.19 bits per heavy atom. The molecule has 0 bridgehead atoms. The van der Waals surface area contributed by atoms with Crippen molar-refractivity contribution in [2.75, 3.05) is 13.1 Å². The molecule has 21 heavy (non-hydrogen) atoms. The largest absolute Gasteiger partial charge is 0.478 e. The maximum Gasteiger partial charge on any atom is 0.335 e. The van der Waals surface area contributed by atoms with E-state index in [1.54, 1.807) is 17.0 Å². The Kier molecular flexibility index (Phi) is 5.16. The lowest BCUT2D eigenvalue weighted by atomic mass is 10.1. The highest BCUT2D eigenvalue weighted by molar-refractivity contribution is 5.87. The number of aliphatic hydroxyl groups is 1. The summed E-state index contributed by atoms with van der Waals surface area (Å²) in [7, 11) is 0. The summed E-state index contributed by atoms with van der Waals surface area (Å²) in [5, 5.41) is 21.2. The molecule has 0 radical (unpaired) electrons. The Hall–Kier alpha value is -2.08. The number of carbonyl (C=O) groups is 2. The molecular weight excluding hydrogens is 272 g/mol. The summed E-state index contributed by atoms with van der Waals surface area (Å²) in [6.07, 6.45) is 1.84. The van der Waals surface area contributed by atoms with E-state index in [9.17, 15) is 14.7 Å². The minimum absolute atomic E-state index is 0.147. The lowest BCUT2D eigenvalue weighted by molar-refractivity contribution is 0.0696. The molecule has 3 N–H and O–H groups in total. The Morgan fingerprint density at radius 3 is 2.57 bits per heavy atom. The summed E-state index contributed by atoms with van der Waals surface area (Å²) in [6.45, 7) is 1.57. The first-order valence-electron chi connectivity index (χ1n) is 7.09. The molecule has 2 rings (SSSR count). The molecule has 1 unspecified atom stereocenters. The summed E-state index contributed by atoms with van der Waals surface area (Å²) >= 11 is 0. The second kappa shape index (κ2) is 7.08. The third-order valence-electron chi connectivity index (χ3n) is 3.63. The van der Waals surface area contributed by atoms with Gasteiger partial charge in [0.25, 0.3) is 0 Å². The van der Waals surface area contributed by atoms with Crippen LogP contribution in [0.25, 0.3) is 0 Å². The van der Waals surface area contributed by atoms with Crippen LogP contribution < -0.4 is 5.32 Å². The van der Waals surface area contributed by atoms with Gasteiger partial charge in [0.2, 0.25) is 0 Å². The number of benzene rings is 1. The minimum atomic E-state index is -0.964. The third kappa shape index (κ3) is 4.46. The van der Waals surface area contributed by atoms with Crippen LogP contribution in [-0.2, 0) is 6.54 Å². The first-order chi connectivity index (χ1) is 10.1. The number of urea groups is 1. The number of hydrogen-bond donors (Lipinski definition) is 3. The predicted molar refractivity (Wildman–Crippen MR) is 77.1 cm³/mol. The maximum atomic E-state index is 12.0. The lowest BCUT2D eigenvalue weighted by Crippen LogP contribution is -2.40. The van der Waals surface area contributed by atoms with Gasteiger partial charge >= 0.3 is 12.0 Å². The number of carboxylic acid groups (broad SMARTS) is 1. The van der Waals surface area contributed by atoms with Crippen LogP contribution in [0.1, 0.15) is 35.2 Å². The van der Waals surface area contributed by atoms with Gasteiger partial charge in [-0.15, -0.1) is 0 Å². The number of aromatic carboxylic acids is 1. The molecule has 2 amide bonds. The Balaban J connectivity index is 1.84. The SMILES string of the molecule is O=C(O)c1ccc(CNC(=O)N2CCCC(O)CC2)cc1. The van der Waals surface area contributed by atoms with Gasteiger partial charge in [-0.25, -0.2) is 9.59 Å². The number of carbonyl (C=O) groups excluding carboxylic acids is 1. The molecule has 1 aromatic carbocycles. The van der Waals surface area contributed by atoms with E-state index < -0.39 is 5.97 Å². The molecule has 0 aromatic heterocycles. The molecule has 0 saturated carbocycles. The molecule has 0 spiro atoms. The fraction of sp³-hybridized carbons (Fsp3) is 0.467. The average Bonchev–Trinajstić information content (AvgIpc) is 2.70. The molecule has 114 valence electrons. The monoisotopic (exact) mass is 292 g/mol. The van der Waals surface area contributed by atoms with Crippen LogP contribution in [0.2, 0.25) is 0 Å². The molecule has 1 atom stereocenters. The summed E-state index contributed by atoms with van der Waals surface area (Å²) in [5.74, 6) is -0.964. The third-order valence-corrected chi connectivity index (χ3v) is 3.63. The van der Waals surface area contributed by atoms with E-state index in [4.69, 9.17) is 5.11 Å². The van der Waals surface area contributed by atoms with E-state index in [2.05, 4.69) is 5.32 Å². The van der Waals surface area contributed by atoms with Crippen molar-refractivity contribution >= 4 is 12.0 Å². The molecular formula is C15H20N2O4.